The van der Waals surface area contributed by atoms with Crippen molar-refractivity contribution in [3.05, 3.63) is 53.6 Å². The van der Waals surface area contributed by atoms with E-state index in [9.17, 15) is 13.2 Å². The van der Waals surface area contributed by atoms with Crippen LogP contribution in [0.4, 0.5) is 5.13 Å². The molecule has 3 aromatic rings. The van der Waals surface area contributed by atoms with E-state index >= 15 is 0 Å². The van der Waals surface area contributed by atoms with Gasteiger partial charge in [-0.1, -0.05) is 30.4 Å². The monoisotopic (exact) mass is 457 g/mol. The molecule has 0 spiro atoms. The average molecular weight is 458 g/mol. The zero-order chi connectivity index (χ0) is 22.2. The Morgan fingerprint density at radius 1 is 1.06 bits per heavy atom. The summed E-state index contributed by atoms with van der Waals surface area (Å²) in [6.07, 6.45) is 0.958. The largest absolute Gasteiger partial charge is 0.345 e. The highest BCUT2D eigenvalue weighted by Crippen LogP contribution is 2.31. The van der Waals surface area contributed by atoms with Gasteiger partial charge in [0.25, 0.3) is 5.91 Å². The number of benzene rings is 2. The quantitative estimate of drug-likeness (QED) is 0.579. The fraction of sp³-hybridized carbons (Fsp3) is 0.391. The number of carbonyl (C=O) groups is 1. The zero-order valence-electron chi connectivity index (χ0n) is 18.0. The number of aromatic nitrogens is 1. The Hall–Kier alpha value is -2.45. The first kappa shape index (κ1) is 21.8. The molecule has 164 valence electrons. The number of aryl methyl sites for hydroxylation is 1. The second kappa shape index (κ2) is 8.59. The fourth-order valence-electron chi connectivity index (χ4n) is 3.76. The third-order valence-electron chi connectivity index (χ3n) is 5.76. The number of amides is 1. The fourth-order valence-corrected chi connectivity index (χ4v) is 5.88. The Kier molecular flexibility index (Phi) is 6.03. The van der Waals surface area contributed by atoms with Gasteiger partial charge in [-0.15, -0.1) is 0 Å². The van der Waals surface area contributed by atoms with Crippen LogP contribution in [0.15, 0.2) is 47.4 Å². The van der Waals surface area contributed by atoms with E-state index in [-0.39, 0.29) is 10.8 Å². The Balaban J connectivity index is 1.43. The molecule has 1 fully saturated rings. The van der Waals surface area contributed by atoms with E-state index in [2.05, 4.69) is 30.0 Å². The number of carbonyl (C=O) groups excluding carboxylic acids is 1. The van der Waals surface area contributed by atoms with Gasteiger partial charge in [-0.05, 0) is 56.2 Å². The molecule has 1 aliphatic rings. The highest BCUT2D eigenvalue weighted by Gasteiger charge is 2.25. The van der Waals surface area contributed by atoms with Crippen molar-refractivity contribution >= 4 is 42.4 Å². The van der Waals surface area contributed by atoms with Crippen molar-refractivity contribution in [2.24, 2.45) is 0 Å². The van der Waals surface area contributed by atoms with Crippen LogP contribution in [0.3, 0.4) is 0 Å². The van der Waals surface area contributed by atoms with Crippen LogP contribution in [0.5, 0.6) is 0 Å². The maximum Gasteiger partial charge on any atom is 0.253 e. The van der Waals surface area contributed by atoms with Crippen LogP contribution in [-0.2, 0) is 16.3 Å². The molecule has 0 unspecified atom stereocenters. The van der Waals surface area contributed by atoms with Gasteiger partial charge in [0.15, 0.2) is 15.0 Å². The highest BCUT2D eigenvalue weighted by molar-refractivity contribution is 7.92. The highest BCUT2D eigenvalue weighted by atomic mass is 32.2. The number of piperazine rings is 1. The van der Waals surface area contributed by atoms with Crippen molar-refractivity contribution in [2.75, 3.05) is 31.1 Å². The van der Waals surface area contributed by atoms with Crippen molar-refractivity contribution in [3.8, 4) is 0 Å². The summed E-state index contributed by atoms with van der Waals surface area (Å²) in [5.74, 6) is -0.0642. The number of thiazole rings is 1. The van der Waals surface area contributed by atoms with Gasteiger partial charge in [0, 0.05) is 31.7 Å². The number of nitrogens with zero attached hydrogens (tertiary/aromatic N) is 3. The van der Waals surface area contributed by atoms with Crippen molar-refractivity contribution in [3.63, 3.8) is 0 Å². The lowest BCUT2D eigenvalue weighted by Gasteiger charge is -2.34. The summed E-state index contributed by atoms with van der Waals surface area (Å²) < 4.78 is 25.8. The number of rotatable bonds is 5. The van der Waals surface area contributed by atoms with E-state index in [1.807, 2.05) is 4.90 Å². The molecule has 0 saturated carbocycles. The number of hydrogen-bond donors (Lipinski definition) is 0. The normalized spacial score (nSPS) is 15.1. The second-order valence-corrected chi connectivity index (χ2v) is 11.5. The van der Waals surface area contributed by atoms with Crippen LogP contribution in [0, 0.1) is 0 Å². The summed E-state index contributed by atoms with van der Waals surface area (Å²) in [6, 6.07) is 12.6. The minimum atomic E-state index is -3.34. The van der Waals surface area contributed by atoms with Crippen LogP contribution in [0.2, 0.25) is 0 Å². The van der Waals surface area contributed by atoms with Crippen molar-refractivity contribution in [2.45, 2.75) is 37.3 Å². The van der Waals surface area contributed by atoms with Gasteiger partial charge in [0.2, 0.25) is 0 Å². The molecule has 0 radical (unpaired) electrons. The second-order valence-electron chi connectivity index (χ2n) is 8.01. The number of para-hydroxylation sites is 1. The zero-order valence-corrected chi connectivity index (χ0v) is 19.7. The van der Waals surface area contributed by atoms with Gasteiger partial charge >= 0.3 is 0 Å². The van der Waals surface area contributed by atoms with E-state index in [1.54, 1.807) is 37.3 Å². The van der Waals surface area contributed by atoms with E-state index in [4.69, 9.17) is 4.98 Å². The van der Waals surface area contributed by atoms with E-state index in [0.717, 1.165) is 30.2 Å². The molecule has 1 aromatic heterocycles. The van der Waals surface area contributed by atoms with E-state index < -0.39 is 15.1 Å². The standard InChI is InChI=1S/C23H27N3O3S2/c1-4-17-6-5-7-20-21(17)24-23(30-20)26-14-12-25(13-15-26)22(27)18-8-10-19(11-9-18)31(28,29)16(2)3/h5-11,16H,4,12-15H2,1-3H3. The van der Waals surface area contributed by atoms with Crippen LogP contribution in [0.1, 0.15) is 36.7 Å². The summed E-state index contributed by atoms with van der Waals surface area (Å²) in [5.41, 5.74) is 2.86. The SMILES string of the molecule is CCc1cccc2sc(N3CCN(C(=O)c4ccc(S(=O)(=O)C(C)C)cc4)CC3)nc12. The summed E-state index contributed by atoms with van der Waals surface area (Å²) in [4.78, 5) is 22.1. The predicted molar refractivity (Wildman–Crippen MR) is 126 cm³/mol. The first-order chi connectivity index (χ1) is 14.8. The van der Waals surface area contributed by atoms with Crippen molar-refractivity contribution in [1.82, 2.24) is 9.88 Å². The van der Waals surface area contributed by atoms with Gasteiger partial charge < -0.3 is 9.80 Å². The molecule has 2 aromatic carbocycles. The number of fused-ring (bicyclic) bond motifs is 1. The summed E-state index contributed by atoms with van der Waals surface area (Å²) >= 11 is 1.70. The molecule has 0 bridgehead atoms. The molecule has 8 heteroatoms. The number of hydrogen-bond acceptors (Lipinski definition) is 6. The lowest BCUT2D eigenvalue weighted by Crippen LogP contribution is -2.48. The molecular formula is C23H27N3O3S2. The van der Waals surface area contributed by atoms with Gasteiger partial charge in [0.1, 0.15) is 0 Å². The van der Waals surface area contributed by atoms with Gasteiger partial charge in [0.05, 0.1) is 20.4 Å². The smallest absolute Gasteiger partial charge is 0.253 e. The van der Waals surface area contributed by atoms with Gasteiger partial charge in [-0.3, -0.25) is 4.79 Å². The summed E-state index contributed by atoms with van der Waals surface area (Å²) in [5, 5.41) is 0.518. The molecule has 2 heterocycles. The summed E-state index contributed by atoms with van der Waals surface area (Å²) in [7, 11) is -3.34. The molecule has 31 heavy (non-hydrogen) atoms. The number of sulfone groups is 1. The Bertz CT molecular complexity index is 1190. The third-order valence-corrected chi connectivity index (χ3v) is 9.01. The van der Waals surface area contributed by atoms with Gasteiger partial charge in [-0.25, -0.2) is 13.4 Å². The topological polar surface area (TPSA) is 70.6 Å². The molecule has 1 aliphatic heterocycles. The number of anilines is 1. The van der Waals surface area contributed by atoms with Crippen molar-refractivity contribution in [1.29, 1.82) is 0 Å². The first-order valence-corrected chi connectivity index (χ1v) is 12.9. The van der Waals surface area contributed by atoms with Crippen molar-refractivity contribution < 1.29 is 13.2 Å². The predicted octanol–water partition coefficient (Wildman–Crippen LogP) is 4.00. The van der Waals surface area contributed by atoms with Crippen LogP contribution >= 0.6 is 11.3 Å². The molecule has 1 saturated heterocycles. The van der Waals surface area contributed by atoms with E-state index in [0.29, 0.717) is 18.7 Å². The molecule has 0 N–H and O–H groups in total. The van der Waals surface area contributed by atoms with Gasteiger partial charge in [-0.2, -0.15) is 0 Å². The minimum absolute atomic E-state index is 0.0642. The summed E-state index contributed by atoms with van der Waals surface area (Å²) in [6.45, 7) is 8.14. The maximum absolute atomic E-state index is 12.9. The Morgan fingerprint density at radius 2 is 1.74 bits per heavy atom. The van der Waals surface area contributed by atoms with E-state index in [1.165, 1.54) is 22.4 Å². The lowest BCUT2D eigenvalue weighted by molar-refractivity contribution is 0.0746. The third kappa shape index (κ3) is 4.19. The van der Waals surface area contributed by atoms with Crippen LogP contribution in [-0.4, -0.2) is 55.6 Å². The lowest BCUT2D eigenvalue weighted by atomic mass is 10.1. The first-order valence-electron chi connectivity index (χ1n) is 10.6. The molecule has 0 aliphatic carbocycles. The molecule has 0 atom stereocenters. The Morgan fingerprint density at radius 3 is 2.35 bits per heavy atom. The van der Waals surface area contributed by atoms with Crippen LogP contribution < -0.4 is 4.90 Å². The minimum Gasteiger partial charge on any atom is -0.345 e. The maximum atomic E-state index is 12.9. The molecule has 1 amide bonds. The molecule has 4 rings (SSSR count). The Labute approximate surface area is 187 Å². The van der Waals surface area contributed by atoms with Crippen LogP contribution in [0.25, 0.3) is 10.2 Å². The molecular weight excluding hydrogens is 430 g/mol. The molecule has 6 nitrogen and oxygen atoms in total. The average Bonchev–Trinajstić information content (AvgIpc) is 3.23.